The van der Waals surface area contributed by atoms with E-state index in [1.165, 1.54) is 28.9 Å². The lowest BCUT2D eigenvalue weighted by Gasteiger charge is -2.28. The molecule has 242 valence electrons. The van der Waals surface area contributed by atoms with E-state index in [0.29, 0.717) is 11.6 Å². The summed E-state index contributed by atoms with van der Waals surface area (Å²) in [7, 11) is 0. The molecule has 2 amide bonds. The number of alkyl halides is 1. The van der Waals surface area contributed by atoms with Gasteiger partial charge in [-0.2, -0.15) is 0 Å². The summed E-state index contributed by atoms with van der Waals surface area (Å²) in [4.78, 5) is 35.8. The number of hydrogen-bond acceptors (Lipinski definition) is 4. The third-order valence-corrected chi connectivity index (χ3v) is 9.42. The number of rotatable bonds is 7. The maximum Gasteiger partial charge on any atom is 0.411 e. The second kappa shape index (κ2) is 11.9. The average Bonchev–Trinajstić information content (AvgIpc) is 3.67. The van der Waals surface area contributed by atoms with Crippen molar-refractivity contribution < 1.29 is 18.7 Å². The summed E-state index contributed by atoms with van der Waals surface area (Å²) in [5.74, 6) is 1.02. The molecule has 0 saturated carbocycles. The van der Waals surface area contributed by atoms with Crippen molar-refractivity contribution in [2.75, 3.05) is 11.9 Å². The van der Waals surface area contributed by atoms with Gasteiger partial charge in [-0.25, -0.2) is 14.2 Å². The molecule has 8 heteroatoms. The van der Waals surface area contributed by atoms with Gasteiger partial charge < -0.3 is 15.0 Å². The Bertz CT molecular complexity index is 1800. The Hall–Kier alpha value is -4.20. The topological polar surface area (TPSA) is 87.3 Å². The minimum absolute atomic E-state index is 0.0566. The number of aromatic amines is 1. The molecule has 3 aromatic carbocycles. The number of fused-ring (bicyclic) bond motifs is 4. The standard InChI is InChI=1S/C38H45FN4O3/c1-8-9-10-22(2)34-41-31-16-12-24(18-32(31)42-34)23-11-14-27-28-15-13-26(20-30(28)38(6,7)29(27)17-23)40-35(44)33-19-25(39)21-43(33)36(45)46-37(3,4)5/h11-18,20,22,25,33H,8-10,19,21H2,1-7H3,(H,40,44)(H,41,42)/t22-,25-,33-/m0/s1. The third-order valence-electron chi connectivity index (χ3n) is 9.42. The molecule has 1 aliphatic carbocycles. The van der Waals surface area contributed by atoms with Crippen LogP contribution in [0.15, 0.2) is 54.6 Å². The highest BCUT2D eigenvalue weighted by Gasteiger charge is 2.42. The van der Waals surface area contributed by atoms with Gasteiger partial charge >= 0.3 is 6.09 Å². The van der Waals surface area contributed by atoms with E-state index >= 15 is 0 Å². The first kappa shape index (κ1) is 31.8. The highest BCUT2D eigenvalue weighted by atomic mass is 19.1. The number of anilines is 1. The van der Waals surface area contributed by atoms with Crippen LogP contribution in [0.1, 0.15) is 97.0 Å². The molecule has 3 atom stereocenters. The lowest BCUT2D eigenvalue weighted by molar-refractivity contribution is -0.120. The van der Waals surface area contributed by atoms with Crippen molar-refractivity contribution in [1.29, 1.82) is 0 Å². The van der Waals surface area contributed by atoms with E-state index in [1.807, 2.05) is 18.2 Å². The third kappa shape index (κ3) is 6.02. The van der Waals surface area contributed by atoms with E-state index in [0.717, 1.165) is 45.5 Å². The molecule has 6 rings (SSSR count). The number of nitrogens with zero attached hydrogens (tertiary/aromatic N) is 2. The van der Waals surface area contributed by atoms with Crippen LogP contribution in [-0.2, 0) is 14.9 Å². The molecule has 2 aliphatic rings. The number of benzene rings is 3. The molecule has 1 aliphatic heterocycles. The summed E-state index contributed by atoms with van der Waals surface area (Å²) in [6, 6.07) is 18.0. The predicted octanol–water partition coefficient (Wildman–Crippen LogP) is 9.12. The number of ether oxygens (including phenoxy) is 1. The SMILES string of the molecule is CCCC[C@H](C)c1nc2cc(-c3ccc4c(c3)C(C)(C)c3cc(NC(=O)[C@@H]5C[C@H](F)CN5C(=O)OC(C)(C)C)ccc3-4)ccc2[nH]1. The van der Waals surface area contributed by atoms with Crippen molar-refractivity contribution in [3.8, 4) is 22.3 Å². The Labute approximate surface area is 270 Å². The van der Waals surface area contributed by atoms with Crippen LogP contribution in [0.2, 0.25) is 0 Å². The zero-order valence-electron chi connectivity index (χ0n) is 28.0. The smallest absolute Gasteiger partial charge is 0.411 e. The second-order valence-corrected chi connectivity index (χ2v) is 14.5. The molecule has 46 heavy (non-hydrogen) atoms. The summed E-state index contributed by atoms with van der Waals surface area (Å²) in [6.45, 7) is 13.9. The molecule has 2 N–H and O–H groups in total. The van der Waals surface area contributed by atoms with Crippen molar-refractivity contribution in [2.45, 2.75) is 103 Å². The van der Waals surface area contributed by atoms with E-state index in [4.69, 9.17) is 9.72 Å². The van der Waals surface area contributed by atoms with Gasteiger partial charge in [0.1, 0.15) is 23.6 Å². The molecular weight excluding hydrogens is 579 g/mol. The zero-order chi connectivity index (χ0) is 33.0. The number of likely N-dealkylation sites (tertiary alicyclic amines) is 1. The van der Waals surface area contributed by atoms with E-state index in [2.05, 4.69) is 74.4 Å². The van der Waals surface area contributed by atoms with Gasteiger partial charge in [-0.05, 0) is 90.9 Å². The van der Waals surface area contributed by atoms with Crippen LogP contribution >= 0.6 is 0 Å². The summed E-state index contributed by atoms with van der Waals surface area (Å²) < 4.78 is 19.9. The number of carbonyl (C=O) groups is 2. The number of unbranched alkanes of at least 4 members (excludes halogenated alkanes) is 1. The molecule has 4 aromatic rings. The van der Waals surface area contributed by atoms with E-state index in [-0.39, 0.29) is 18.4 Å². The van der Waals surface area contributed by atoms with Gasteiger partial charge in [0.2, 0.25) is 5.91 Å². The van der Waals surface area contributed by atoms with Gasteiger partial charge in [0.05, 0.1) is 17.6 Å². The fraction of sp³-hybridized carbons (Fsp3) is 0.447. The van der Waals surface area contributed by atoms with Crippen LogP contribution in [-0.4, -0.2) is 51.2 Å². The molecule has 0 spiro atoms. The fourth-order valence-electron chi connectivity index (χ4n) is 6.86. The highest BCUT2D eigenvalue weighted by Crippen LogP contribution is 2.50. The van der Waals surface area contributed by atoms with Crippen molar-refractivity contribution in [3.05, 3.63) is 71.5 Å². The molecule has 1 aromatic heterocycles. The largest absolute Gasteiger partial charge is 0.444 e. The Morgan fingerprint density at radius 3 is 2.46 bits per heavy atom. The highest BCUT2D eigenvalue weighted by molar-refractivity contribution is 5.98. The first-order valence-corrected chi connectivity index (χ1v) is 16.5. The van der Waals surface area contributed by atoms with Crippen LogP contribution in [0.3, 0.4) is 0 Å². The number of halogens is 1. The van der Waals surface area contributed by atoms with Crippen LogP contribution in [0.25, 0.3) is 33.3 Å². The summed E-state index contributed by atoms with van der Waals surface area (Å²) >= 11 is 0. The normalized spacial score (nSPS) is 19.2. The number of nitrogens with one attached hydrogen (secondary N) is 2. The number of amides is 2. The van der Waals surface area contributed by atoms with Gasteiger partial charge in [0, 0.05) is 23.4 Å². The van der Waals surface area contributed by atoms with Crippen molar-refractivity contribution in [3.63, 3.8) is 0 Å². The van der Waals surface area contributed by atoms with Gasteiger partial charge in [0.15, 0.2) is 0 Å². The Kier molecular flexibility index (Phi) is 8.20. The quantitative estimate of drug-likeness (QED) is 0.215. The molecule has 2 heterocycles. The van der Waals surface area contributed by atoms with E-state index in [1.54, 1.807) is 20.8 Å². The van der Waals surface area contributed by atoms with Gasteiger partial charge in [0.25, 0.3) is 0 Å². The Morgan fingerprint density at radius 2 is 1.74 bits per heavy atom. The molecule has 0 radical (unpaired) electrons. The van der Waals surface area contributed by atoms with Gasteiger partial charge in [-0.3, -0.25) is 9.69 Å². The van der Waals surface area contributed by atoms with Crippen molar-refractivity contribution >= 4 is 28.7 Å². The van der Waals surface area contributed by atoms with Gasteiger partial charge in [-0.1, -0.05) is 64.8 Å². The number of aromatic nitrogens is 2. The first-order valence-electron chi connectivity index (χ1n) is 16.5. The Balaban J connectivity index is 1.23. The first-order chi connectivity index (χ1) is 21.7. The minimum Gasteiger partial charge on any atom is -0.444 e. The molecule has 0 unspecified atom stereocenters. The summed E-state index contributed by atoms with van der Waals surface area (Å²) in [6.07, 6.45) is 1.48. The van der Waals surface area contributed by atoms with E-state index in [9.17, 15) is 14.0 Å². The lowest BCUT2D eigenvalue weighted by atomic mass is 9.81. The maximum absolute atomic E-state index is 14.4. The van der Waals surface area contributed by atoms with Crippen LogP contribution in [0.4, 0.5) is 14.9 Å². The fourth-order valence-corrected chi connectivity index (χ4v) is 6.86. The van der Waals surface area contributed by atoms with Crippen LogP contribution < -0.4 is 5.32 Å². The predicted molar refractivity (Wildman–Crippen MR) is 182 cm³/mol. The molecule has 1 saturated heterocycles. The average molecular weight is 625 g/mol. The lowest BCUT2D eigenvalue weighted by Crippen LogP contribution is -2.45. The number of H-pyrrole nitrogens is 1. The molecule has 7 nitrogen and oxygen atoms in total. The Morgan fingerprint density at radius 1 is 1.07 bits per heavy atom. The summed E-state index contributed by atoms with van der Waals surface area (Å²) in [5, 5.41) is 2.96. The van der Waals surface area contributed by atoms with Gasteiger partial charge in [-0.15, -0.1) is 0 Å². The molecular formula is C38H45FN4O3. The summed E-state index contributed by atoms with van der Waals surface area (Å²) in [5.41, 5.74) is 8.44. The number of hydrogen-bond donors (Lipinski definition) is 2. The number of imidazole rings is 1. The maximum atomic E-state index is 14.4. The molecule has 0 bridgehead atoms. The van der Waals surface area contributed by atoms with E-state index < -0.39 is 29.8 Å². The molecule has 1 fully saturated rings. The van der Waals surface area contributed by atoms with Crippen molar-refractivity contribution in [1.82, 2.24) is 14.9 Å². The minimum atomic E-state index is -1.28. The van der Waals surface area contributed by atoms with Crippen LogP contribution in [0.5, 0.6) is 0 Å². The van der Waals surface area contributed by atoms with Crippen molar-refractivity contribution in [2.24, 2.45) is 0 Å². The zero-order valence-corrected chi connectivity index (χ0v) is 28.0. The monoisotopic (exact) mass is 624 g/mol. The number of carbonyl (C=O) groups excluding carboxylic acids is 2. The second-order valence-electron chi connectivity index (χ2n) is 14.5. The van der Waals surface area contributed by atoms with Crippen LogP contribution in [0, 0.1) is 0 Å².